The highest BCUT2D eigenvalue weighted by Crippen LogP contribution is 2.19. The number of hydrogen-bond donors (Lipinski definition) is 1. The van der Waals surface area contributed by atoms with Crippen LogP contribution in [0.4, 0.5) is 0 Å². The van der Waals surface area contributed by atoms with E-state index in [0.29, 0.717) is 5.76 Å². The molecule has 1 atom stereocenters. The van der Waals surface area contributed by atoms with Crippen molar-refractivity contribution in [3.05, 3.63) is 89.4 Å². The minimum atomic E-state index is -3.65. The van der Waals surface area contributed by atoms with E-state index in [-0.39, 0.29) is 29.1 Å². The van der Waals surface area contributed by atoms with E-state index in [0.717, 1.165) is 11.1 Å². The lowest BCUT2D eigenvalue weighted by Crippen LogP contribution is -2.27. The largest absolute Gasteiger partial charge is 0.455 e. The summed E-state index contributed by atoms with van der Waals surface area (Å²) in [5, 5.41) is 2.88. The van der Waals surface area contributed by atoms with Crippen LogP contribution < -0.4 is 5.32 Å². The molecule has 1 heterocycles. The lowest BCUT2D eigenvalue weighted by Gasteiger charge is -2.16. The standard InChI is InChI=1S/C22H24N2O4S/c1-16-9-12-20(13-10-16)29(26,27)24(3)15-19-11-14-21(28-19)22(25)23-17(2)18-7-5-4-6-8-18/h4-14,17H,15H2,1-3H3,(H,23,25)/t17-/m0/s1. The Labute approximate surface area is 171 Å². The Bertz CT molecular complexity index is 1070. The molecule has 0 aliphatic heterocycles. The monoisotopic (exact) mass is 412 g/mol. The summed E-state index contributed by atoms with van der Waals surface area (Å²) in [4.78, 5) is 12.7. The summed E-state index contributed by atoms with van der Waals surface area (Å²) in [6.45, 7) is 3.81. The van der Waals surface area contributed by atoms with Gasteiger partial charge in [-0.3, -0.25) is 4.79 Å². The average molecular weight is 413 g/mol. The van der Waals surface area contributed by atoms with Gasteiger partial charge >= 0.3 is 0 Å². The number of furan rings is 1. The zero-order valence-corrected chi connectivity index (χ0v) is 17.4. The van der Waals surface area contributed by atoms with Crippen molar-refractivity contribution < 1.29 is 17.6 Å². The predicted molar refractivity (Wildman–Crippen MR) is 111 cm³/mol. The van der Waals surface area contributed by atoms with Crippen LogP contribution in [-0.4, -0.2) is 25.7 Å². The lowest BCUT2D eigenvalue weighted by atomic mass is 10.1. The Kier molecular flexibility index (Phi) is 6.20. The first kappa shape index (κ1) is 20.8. The molecule has 0 saturated carbocycles. The smallest absolute Gasteiger partial charge is 0.287 e. The summed E-state index contributed by atoms with van der Waals surface area (Å²) in [5.41, 5.74) is 1.97. The number of hydrogen-bond acceptors (Lipinski definition) is 4. The highest BCUT2D eigenvalue weighted by atomic mass is 32.2. The Morgan fingerprint density at radius 3 is 2.34 bits per heavy atom. The van der Waals surface area contributed by atoms with E-state index in [1.165, 1.54) is 11.4 Å². The van der Waals surface area contributed by atoms with E-state index in [9.17, 15) is 13.2 Å². The Hall–Kier alpha value is -2.90. The molecular formula is C22H24N2O4S. The fraction of sp³-hybridized carbons (Fsp3) is 0.227. The van der Waals surface area contributed by atoms with Gasteiger partial charge in [0.15, 0.2) is 5.76 Å². The van der Waals surface area contributed by atoms with Crippen molar-refractivity contribution in [2.45, 2.75) is 31.3 Å². The number of benzene rings is 2. The molecule has 0 fully saturated rings. The first-order chi connectivity index (χ1) is 13.8. The number of amides is 1. The number of nitrogens with one attached hydrogen (secondary N) is 1. The summed E-state index contributed by atoms with van der Waals surface area (Å²) in [6.07, 6.45) is 0. The van der Waals surface area contributed by atoms with Crippen LogP contribution in [0, 0.1) is 6.92 Å². The third-order valence-corrected chi connectivity index (χ3v) is 6.46. The fourth-order valence-electron chi connectivity index (χ4n) is 2.87. The number of rotatable bonds is 7. The second-order valence-corrected chi connectivity index (χ2v) is 8.99. The highest BCUT2D eigenvalue weighted by molar-refractivity contribution is 7.89. The van der Waals surface area contributed by atoms with Gasteiger partial charge < -0.3 is 9.73 Å². The van der Waals surface area contributed by atoms with Crippen LogP contribution in [0.1, 0.15) is 40.4 Å². The van der Waals surface area contributed by atoms with Gasteiger partial charge in [-0.1, -0.05) is 48.0 Å². The van der Waals surface area contributed by atoms with Crippen LogP contribution >= 0.6 is 0 Å². The van der Waals surface area contributed by atoms with Crippen LogP contribution in [0.25, 0.3) is 0 Å². The minimum Gasteiger partial charge on any atom is -0.455 e. The summed E-state index contributed by atoms with van der Waals surface area (Å²) < 4.78 is 32.2. The van der Waals surface area contributed by atoms with Crippen molar-refractivity contribution in [1.29, 1.82) is 0 Å². The molecule has 29 heavy (non-hydrogen) atoms. The zero-order valence-electron chi connectivity index (χ0n) is 16.6. The summed E-state index contributed by atoms with van der Waals surface area (Å²) in [6, 6.07) is 19.2. The molecule has 152 valence electrons. The summed E-state index contributed by atoms with van der Waals surface area (Å²) in [5.74, 6) is 0.182. The van der Waals surface area contributed by atoms with Gasteiger partial charge in [0.25, 0.3) is 5.91 Å². The molecule has 0 bridgehead atoms. The second-order valence-electron chi connectivity index (χ2n) is 6.95. The molecule has 0 aliphatic rings. The maximum Gasteiger partial charge on any atom is 0.287 e. The second kappa shape index (κ2) is 8.63. The van der Waals surface area contributed by atoms with Gasteiger partial charge in [-0.2, -0.15) is 4.31 Å². The molecule has 0 unspecified atom stereocenters. The lowest BCUT2D eigenvalue weighted by molar-refractivity contribution is 0.0909. The maximum absolute atomic E-state index is 12.7. The first-order valence-corrected chi connectivity index (χ1v) is 10.7. The third-order valence-electron chi connectivity index (χ3n) is 4.64. The molecular weight excluding hydrogens is 388 g/mol. The zero-order chi connectivity index (χ0) is 21.0. The fourth-order valence-corrected chi connectivity index (χ4v) is 4.01. The van der Waals surface area contributed by atoms with Gasteiger partial charge in [0.2, 0.25) is 10.0 Å². The Balaban J connectivity index is 1.66. The van der Waals surface area contributed by atoms with Crippen molar-refractivity contribution in [2.75, 3.05) is 7.05 Å². The predicted octanol–water partition coefficient (Wildman–Crippen LogP) is 3.90. The van der Waals surface area contributed by atoms with Crippen LogP contribution in [-0.2, 0) is 16.6 Å². The molecule has 3 rings (SSSR count). The van der Waals surface area contributed by atoms with E-state index >= 15 is 0 Å². The van der Waals surface area contributed by atoms with Crippen molar-refractivity contribution in [2.24, 2.45) is 0 Å². The summed E-state index contributed by atoms with van der Waals surface area (Å²) in [7, 11) is -2.17. The van der Waals surface area contributed by atoms with Crippen molar-refractivity contribution >= 4 is 15.9 Å². The molecule has 1 amide bonds. The molecule has 0 saturated heterocycles. The van der Waals surface area contributed by atoms with E-state index in [1.807, 2.05) is 44.2 Å². The molecule has 6 nitrogen and oxygen atoms in total. The molecule has 7 heteroatoms. The molecule has 0 radical (unpaired) electrons. The van der Waals surface area contributed by atoms with E-state index in [2.05, 4.69) is 5.32 Å². The molecule has 0 spiro atoms. The van der Waals surface area contributed by atoms with Gasteiger partial charge in [-0.15, -0.1) is 0 Å². The number of sulfonamides is 1. The van der Waals surface area contributed by atoms with Crippen LogP contribution in [0.15, 0.2) is 76.0 Å². The molecule has 3 aromatic rings. The molecule has 1 aromatic heterocycles. The van der Waals surface area contributed by atoms with Crippen molar-refractivity contribution in [1.82, 2.24) is 9.62 Å². The molecule has 0 aliphatic carbocycles. The van der Waals surface area contributed by atoms with Crippen LogP contribution in [0.2, 0.25) is 0 Å². The van der Waals surface area contributed by atoms with Gasteiger partial charge in [0, 0.05) is 7.05 Å². The van der Waals surface area contributed by atoms with Crippen LogP contribution in [0.3, 0.4) is 0 Å². The van der Waals surface area contributed by atoms with Gasteiger partial charge in [-0.05, 0) is 43.7 Å². The van der Waals surface area contributed by atoms with Gasteiger partial charge in [-0.25, -0.2) is 8.42 Å². The minimum absolute atomic E-state index is 0.0255. The SMILES string of the molecule is Cc1ccc(S(=O)(=O)N(C)Cc2ccc(C(=O)N[C@@H](C)c3ccccc3)o2)cc1. The summed E-state index contributed by atoms with van der Waals surface area (Å²) >= 11 is 0. The van der Waals surface area contributed by atoms with E-state index in [4.69, 9.17) is 4.42 Å². The molecule has 1 N–H and O–H groups in total. The molecule has 2 aromatic carbocycles. The Morgan fingerprint density at radius 2 is 1.69 bits per heavy atom. The van der Waals surface area contributed by atoms with E-state index < -0.39 is 10.0 Å². The van der Waals surface area contributed by atoms with Gasteiger partial charge in [0.1, 0.15) is 5.76 Å². The number of carbonyl (C=O) groups excluding carboxylic acids is 1. The average Bonchev–Trinajstić information content (AvgIpc) is 3.17. The number of aryl methyl sites for hydroxylation is 1. The number of carbonyl (C=O) groups is 1. The maximum atomic E-state index is 12.7. The van der Waals surface area contributed by atoms with Crippen molar-refractivity contribution in [3.8, 4) is 0 Å². The topological polar surface area (TPSA) is 79.6 Å². The normalized spacial score (nSPS) is 12.7. The van der Waals surface area contributed by atoms with Gasteiger partial charge in [0.05, 0.1) is 17.5 Å². The first-order valence-electron chi connectivity index (χ1n) is 9.25. The Morgan fingerprint density at radius 1 is 1.03 bits per heavy atom. The highest BCUT2D eigenvalue weighted by Gasteiger charge is 2.23. The third kappa shape index (κ3) is 4.93. The quantitative estimate of drug-likeness (QED) is 0.638. The van der Waals surface area contributed by atoms with Crippen molar-refractivity contribution in [3.63, 3.8) is 0 Å². The number of nitrogens with zero attached hydrogens (tertiary/aromatic N) is 1. The van der Waals surface area contributed by atoms with Crippen LogP contribution in [0.5, 0.6) is 0 Å². The van der Waals surface area contributed by atoms with E-state index in [1.54, 1.807) is 36.4 Å².